The third-order valence-electron chi connectivity index (χ3n) is 3.37. The lowest BCUT2D eigenvalue weighted by molar-refractivity contribution is 0.102. The molecule has 1 saturated heterocycles. The number of hydrogen-bond acceptors (Lipinski definition) is 4. The van der Waals surface area contributed by atoms with Gasteiger partial charge in [-0.05, 0) is 48.5 Å². The van der Waals surface area contributed by atoms with Crippen molar-refractivity contribution in [3.63, 3.8) is 0 Å². The smallest absolute Gasteiger partial charge is 0.255 e. The summed E-state index contributed by atoms with van der Waals surface area (Å²) in [6.45, 7) is 0. The summed E-state index contributed by atoms with van der Waals surface area (Å²) < 4.78 is 10.9. The summed E-state index contributed by atoms with van der Waals surface area (Å²) in [6, 6.07) is 14.5. The number of methoxy groups -OCH3 is 1. The molecule has 0 atom stereocenters. The van der Waals surface area contributed by atoms with Crippen LogP contribution in [0.15, 0.2) is 48.5 Å². The summed E-state index contributed by atoms with van der Waals surface area (Å²) in [5, 5.41) is 2.85. The van der Waals surface area contributed by atoms with E-state index in [1.54, 1.807) is 19.2 Å². The summed E-state index contributed by atoms with van der Waals surface area (Å²) in [7, 11) is 1.61. The maximum Gasteiger partial charge on any atom is 0.255 e. The van der Waals surface area contributed by atoms with Gasteiger partial charge in [0.25, 0.3) is 5.91 Å². The molecule has 2 aromatic rings. The molecular formula is C17H17NO3S. The highest BCUT2D eigenvalue weighted by Gasteiger charge is 2.19. The van der Waals surface area contributed by atoms with Gasteiger partial charge in [0.1, 0.15) is 17.6 Å². The average Bonchev–Trinajstić information content (AvgIpc) is 2.52. The van der Waals surface area contributed by atoms with E-state index in [0.29, 0.717) is 11.7 Å². The third-order valence-corrected chi connectivity index (χ3v) is 4.59. The monoisotopic (exact) mass is 315 g/mol. The van der Waals surface area contributed by atoms with E-state index >= 15 is 0 Å². The Bertz CT molecular complexity index is 636. The molecule has 0 aliphatic carbocycles. The van der Waals surface area contributed by atoms with Crippen LogP contribution < -0.4 is 14.8 Å². The third kappa shape index (κ3) is 3.54. The molecule has 22 heavy (non-hydrogen) atoms. The van der Waals surface area contributed by atoms with E-state index in [1.165, 1.54) is 0 Å². The van der Waals surface area contributed by atoms with Crippen LogP contribution in [0.4, 0.5) is 5.69 Å². The van der Waals surface area contributed by atoms with Crippen LogP contribution in [0.1, 0.15) is 10.4 Å². The van der Waals surface area contributed by atoms with Crippen LogP contribution in [0.5, 0.6) is 11.5 Å². The Labute approximate surface area is 133 Å². The van der Waals surface area contributed by atoms with E-state index in [0.717, 1.165) is 28.7 Å². The molecule has 114 valence electrons. The highest BCUT2D eigenvalue weighted by Crippen LogP contribution is 2.24. The molecule has 1 aliphatic heterocycles. The molecule has 4 nitrogen and oxygen atoms in total. The van der Waals surface area contributed by atoms with Crippen molar-refractivity contribution in [3.8, 4) is 11.5 Å². The van der Waals surface area contributed by atoms with Gasteiger partial charge in [-0.15, -0.1) is 0 Å². The second-order valence-electron chi connectivity index (χ2n) is 4.98. The van der Waals surface area contributed by atoms with Crippen LogP contribution in [0, 0.1) is 0 Å². The van der Waals surface area contributed by atoms with Gasteiger partial charge in [-0.2, -0.15) is 11.8 Å². The van der Waals surface area contributed by atoms with Crippen LogP contribution in [-0.4, -0.2) is 30.6 Å². The molecule has 1 heterocycles. The summed E-state index contributed by atoms with van der Waals surface area (Å²) in [6.07, 6.45) is 0.309. The van der Waals surface area contributed by atoms with Crippen LogP contribution in [0.2, 0.25) is 0 Å². The fourth-order valence-corrected chi connectivity index (χ4v) is 2.60. The molecule has 0 spiro atoms. The lowest BCUT2D eigenvalue weighted by Gasteiger charge is -2.25. The van der Waals surface area contributed by atoms with E-state index in [2.05, 4.69) is 5.32 Å². The molecule has 0 bridgehead atoms. The molecule has 3 rings (SSSR count). The number of amides is 1. The second-order valence-corrected chi connectivity index (χ2v) is 6.06. The maximum absolute atomic E-state index is 12.2. The molecule has 1 amide bonds. The first-order chi connectivity index (χ1) is 10.7. The average molecular weight is 315 g/mol. The summed E-state index contributed by atoms with van der Waals surface area (Å²) in [4.78, 5) is 12.2. The Hall–Kier alpha value is -2.14. The SMILES string of the molecule is COc1ccc(NC(=O)c2ccc(OC3CSC3)cc2)cc1. The molecule has 0 radical (unpaired) electrons. The Balaban J connectivity index is 1.60. The quantitative estimate of drug-likeness (QED) is 0.918. The predicted molar refractivity (Wildman–Crippen MR) is 89.1 cm³/mol. The first kappa shape index (κ1) is 14.8. The number of carbonyl (C=O) groups is 1. The van der Waals surface area contributed by atoms with Crippen molar-refractivity contribution in [3.05, 3.63) is 54.1 Å². The number of thioether (sulfide) groups is 1. The largest absolute Gasteiger partial charge is 0.497 e. The van der Waals surface area contributed by atoms with E-state index in [4.69, 9.17) is 9.47 Å². The number of carbonyl (C=O) groups excluding carboxylic acids is 1. The van der Waals surface area contributed by atoms with Gasteiger partial charge in [0.15, 0.2) is 0 Å². The number of ether oxygens (including phenoxy) is 2. The molecule has 0 aromatic heterocycles. The summed E-state index contributed by atoms with van der Waals surface area (Å²) >= 11 is 1.88. The zero-order valence-corrected chi connectivity index (χ0v) is 13.1. The highest BCUT2D eigenvalue weighted by molar-refractivity contribution is 8.00. The highest BCUT2D eigenvalue weighted by atomic mass is 32.2. The second kappa shape index (κ2) is 6.75. The molecular weight excluding hydrogens is 298 g/mol. The molecule has 0 saturated carbocycles. The Morgan fingerprint density at radius 2 is 1.68 bits per heavy atom. The molecule has 1 N–H and O–H groups in total. The Kier molecular flexibility index (Phi) is 4.53. The fraction of sp³-hybridized carbons (Fsp3) is 0.235. The van der Waals surface area contributed by atoms with Crippen molar-refractivity contribution in [2.45, 2.75) is 6.10 Å². The number of rotatable bonds is 5. The maximum atomic E-state index is 12.2. The van der Waals surface area contributed by atoms with Crippen molar-refractivity contribution >= 4 is 23.4 Å². The van der Waals surface area contributed by atoms with Gasteiger partial charge in [-0.25, -0.2) is 0 Å². The normalized spacial score (nSPS) is 14.0. The van der Waals surface area contributed by atoms with Crippen LogP contribution in [0.3, 0.4) is 0 Å². The molecule has 1 aliphatic rings. The van der Waals surface area contributed by atoms with Gasteiger partial charge in [-0.1, -0.05) is 0 Å². The zero-order chi connectivity index (χ0) is 15.4. The van der Waals surface area contributed by atoms with E-state index in [1.807, 2.05) is 48.2 Å². The molecule has 1 fully saturated rings. The minimum absolute atomic E-state index is 0.143. The van der Waals surface area contributed by atoms with Crippen LogP contribution >= 0.6 is 11.8 Å². The van der Waals surface area contributed by atoms with Crippen molar-refractivity contribution in [2.75, 3.05) is 23.9 Å². The summed E-state index contributed by atoms with van der Waals surface area (Å²) in [5.74, 6) is 3.51. The molecule has 5 heteroatoms. The minimum Gasteiger partial charge on any atom is -0.497 e. The molecule has 0 unspecified atom stereocenters. The van der Waals surface area contributed by atoms with Gasteiger partial charge in [0.2, 0.25) is 0 Å². The minimum atomic E-state index is -0.143. The Morgan fingerprint density at radius 1 is 1.05 bits per heavy atom. The standard InChI is InChI=1S/C17H17NO3S/c1-20-14-8-4-13(5-9-14)18-17(19)12-2-6-15(7-3-12)21-16-10-22-11-16/h2-9,16H,10-11H2,1H3,(H,18,19). The lowest BCUT2D eigenvalue weighted by atomic mass is 10.2. The van der Waals surface area contributed by atoms with Gasteiger partial charge in [0.05, 0.1) is 7.11 Å². The fourth-order valence-electron chi connectivity index (χ4n) is 2.04. The van der Waals surface area contributed by atoms with Crippen LogP contribution in [-0.2, 0) is 0 Å². The number of hydrogen-bond donors (Lipinski definition) is 1. The van der Waals surface area contributed by atoms with Crippen LogP contribution in [0.25, 0.3) is 0 Å². The number of anilines is 1. The number of nitrogens with one attached hydrogen (secondary N) is 1. The van der Waals surface area contributed by atoms with Gasteiger partial charge < -0.3 is 14.8 Å². The first-order valence-corrected chi connectivity index (χ1v) is 8.20. The van der Waals surface area contributed by atoms with Crippen molar-refractivity contribution < 1.29 is 14.3 Å². The zero-order valence-electron chi connectivity index (χ0n) is 12.2. The van der Waals surface area contributed by atoms with Gasteiger partial charge in [0, 0.05) is 22.8 Å². The van der Waals surface area contributed by atoms with Gasteiger partial charge >= 0.3 is 0 Å². The first-order valence-electron chi connectivity index (χ1n) is 7.04. The summed E-state index contributed by atoms with van der Waals surface area (Å²) in [5.41, 5.74) is 1.34. The lowest BCUT2D eigenvalue weighted by Crippen LogP contribution is -2.31. The Morgan fingerprint density at radius 3 is 2.23 bits per heavy atom. The number of benzene rings is 2. The van der Waals surface area contributed by atoms with Crippen molar-refractivity contribution in [1.82, 2.24) is 0 Å². The van der Waals surface area contributed by atoms with Gasteiger partial charge in [-0.3, -0.25) is 4.79 Å². The van der Waals surface area contributed by atoms with Crippen molar-refractivity contribution in [1.29, 1.82) is 0 Å². The predicted octanol–water partition coefficient (Wildman–Crippen LogP) is 3.44. The van der Waals surface area contributed by atoms with E-state index in [-0.39, 0.29) is 5.91 Å². The van der Waals surface area contributed by atoms with E-state index in [9.17, 15) is 4.79 Å². The van der Waals surface area contributed by atoms with Crippen molar-refractivity contribution in [2.24, 2.45) is 0 Å². The molecule has 2 aromatic carbocycles. The topological polar surface area (TPSA) is 47.6 Å². The van der Waals surface area contributed by atoms with E-state index < -0.39 is 0 Å².